The molecule has 0 aliphatic carbocycles. The number of hydrogen-bond acceptors (Lipinski definition) is 1. The third kappa shape index (κ3) is 4.64. The van der Waals surface area contributed by atoms with Gasteiger partial charge in [-0.3, -0.25) is 0 Å². The molecule has 1 atom stereocenters. The Balaban J connectivity index is 2.05. The van der Waals surface area contributed by atoms with Crippen LogP contribution < -0.4 is 0 Å². The zero-order valence-corrected chi connectivity index (χ0v) is 13.1. The van der Waals surface area contributed by atoms with Gasteiger partial charge in [-0.05, 0) is 42.3 Å². The molecule has 0 aromatic heterocycles. The fraction of sp³-hybridized carbons (Fsp3) is 0.250. The number of benzene rings is 2. The summed E-state index contributed by atoms with van der Waals surface area (Å²) < 4.78 is 1.05. The molecule has 3 heteroatoms. The summed E-state index contributed by atoms with van der Waals surface area (Å²) in [4.78, 5) is 0. The van der Waals surface area contributed by atoms with Crippen molar-refractivity contribution < 1.29 is 5.11 Å². The Hall–Kier alpha value is -0.830. The molecule has 2 aromatic rings. The lowest BCUT2D eigenvalue weighted by atomic mass is 9.90. The van der Waals surface area contributed by atoms with Crippen LogP contribution >= 0.6 is 27.5 Å². The monoisotopic (exact) mass is 338 g/mol. The number of hydrogen-bond donors (Lipinski definition) is 1. The van der Waals surface area contributed by atoms with Crippen molar-refractivity contribution in [3.05, 3.63) is 69.2 Å². The first kappa shape index (κ1) is 14.6. The van der Waals surface area contributed by atoms with E-state index in [1.54, 1.807) is 0 Å². The maximum absolute atomic E-state index is 10.5. The predicted molar refractivity (Wildman–Crippen MR) is 83.6 cm³/mol. The van der Waals surface area contributed by atoms with Crippen molar-refractivity contribution in [1.82, 2.24) is 0 Å². The van der Waals surface area contributed by atoms with Crippen LogP contribution in [0.25, 0.3) is 0 Å². The zero-order valence-electron chi connectivity index (χ0n) is 10.7. The van der Waals surface area contributed by atoms with Crippen LogP contribution in [0.4, 0.5) is 0 Å². The minimum Gasteiger partial charge on any atom is -0.389 e. The Bertz CT molecular complexity index is 482. The number of aliphatic hydroxyl groups is 1. The number of halogens is 2. The van der Waals surface area contributed by atoms with Gasteiger partial charge in [0.25, 0.3) is 0 Å². The van der Waals surface area contributed by atoms with Crippen molar-refractivity contribution in [3.63, 3.8) is 0 Å². The molecule has 1 unspecified atom stereocenters. The van der Waals surface area contributed by atoms with Crippen molar-refractivity contribution in [3.8, 4) is 0 Å². The molecule has 0 aliphatic rings. The SMILES string of the molecule is CC(O)(Cc1ccc(Cl)cc1)Cc1ccc(Br)cc1. The summed E-state index contributed by atoms with van der Waals surface area (Å²) in [6, 6.07) is 15.7. The molecule has 0 spiro atoms. The van der Waals surface area contributed by atoms with Gasteiger partial charge < -0.3 is 5.11 Å². The molecule has 2 aromatic carbocycles. The first-order valence-electron chi connectivity index (χ1n) is 6.16. The molecule has 0 amide bonds. The van der Waals surface area contributed by atoms with Crippen molar-refractivity contribution >= 4 is 27.5 Å². The normalized spacial score (nSPS) is 14.1. The molecular formula is C16H16BrClO. The second-order valence-corrected chi connectivity index (χ2v) is 6.46. The van der Waals surface area contributed by atoms with Gasteiger partial charge in [-0.2, -0.15) is 0 Å². The number of rotatable bonds is 4. The molecule has 19 heavy (non-hydrogen) atoms. The van der Waals surface area contributed by atoms with Gasteiger partial charge in [0.15, 0.2) is 0 Å². The lowest BCUT2D eigenvalue weighted by molar-refractivity contribution is 0.0608. The molecule has 100 valence electrons. The predicted octanol–water partition coefficient (Wildman–Crippen LogP) is 4.64. The maximum atomic E-state index is 10.5. The highest BCUT2D eigenvalue weighted by Gasteiger charge is 2.21. The van der Waals surface area contributed by atoms with Crippen molar-refractivity contribution in [2.45, 2.75) is 25.4 Å². The zero-order chi connectivity index (χ0) is 13.9. The second-order valence-electron chi connectivity index (χ2n) is 5.10. The summed E-state index contributed by atoms with van der Waals surface area (Å²) >= 11 is 9.27. The van der Waals surface area contributed by atoms with Gasteiger partial charge in [-0.15, -0.1) is 0 Å². The maximum Gasteiger partial charge on any atom is 0.0700 e. The average molecular weight is 340 g/mol. The highest BCUT2D eigenvalue weighted by atomic mass is 79.9. The van der Waals surface area contributed by atoms with Gasteiger partial charge in [0.2, 0.25) is 0 Å². The van der Waals surface area contributed by atoms with E-state index in [2.05, 4.69) is 15.9 Å². The largest absolute Gasteiger partial charge is 0.389 e. The molecule has 1 nitrogen and oxygen atoms in total. The summed E-state index contributed by atoms with van der Waals surface area (Å²) in [5.41, 5.74) is 1.45. The fourth-order valence-corrected chi connectivity index (χ4v) is 2.54. The van der Waals surface area contributed by atoms with Gasteiger partial charge in [-0.1, -0.05) is 51.8 Å². The van der Waals surface area contributed by atoms with E-state index in [9.17, 15) is 5.11 Å². The lowest BCUT2D eigenvalue weighted by Gasteiger charge is -2.23. The summed E-state index contributed by atoms with van der Waals surface area (Å²) in [5, 5.41) is 11.2. The second kappa shape index (κ2) is 6.08. The summed E-state index contributed by atoms with van der Waals surface area (Å²) in [5.74, 6) is 0. The topological polar surface area (TPSA) is 20.2 Å². The Morgan fingerprint density at radius 1 is 0.947 bits per heavy atom. The van der Waals surface area contributed by atoms with Crippen LogP contribution in [0, 0.1) is 0 Å². The third-order valence-electron chi connectivity index (χ3n) is 3.00. The van der Waals surface area contributed by atoms with Crippen LogP contribution in [-0.2, 0) is 12.8 Å². The molecular weight excluding hydrogens is 324 g/mol. The summed E-state index contributed by atoms with van der Waals surface area (Å²) in [6.07, 6.45) is 1.24. The quantitative estimate of drug-likeness (QED) is 0.860. The minimum absolute atomic E-state index is 0.611. The van der Waals surface area contributed by atoms with Gasteiger partial charge in [0, 0.05) is 22.3 Å². The highest BCUT2D eigenvalue weighted by molar-refractivity contribution is 9.10. The van der Waals surface area contributed by atoms with Crippen LogP contribution in [0.15, 0.2) is 53.0 Å². The molecule has 0 bridgehead atoms. The van der Waals surface area contributed by atoms with E-state index < -0.39 is 5.60 Å². The van der Waals surface area contributed by atoms with E-state index in [0.717, 1.165) is 20.6 Å². The molecule has 2 rings (SSSR count). The molecule has 0 fully saturated rings. The molecule has 0 radical (unpaired) electrons. The molecule has 1 N–H and O–H groups in total. The Labute approximate surface area is 127 Å². The summed E-state index contributed by atoms with van der Waals surface area (Å²) in [7, 11) is 0. The first-order valence-corrected chi connectivity index (χ1v) is 7.33. The Morgan fingerprint density at radius 3 is 1.84 bits per heavy atom. The molecule has 0 saturated carbocycles. The van der Waals surface area contributed by atoms with Gasteiger partial charge in [0.1, 0.15) is 0 Å². The molecule has 0 saturated heterocycles. The smallest absolute Gasteiger partial charge is 0.0700 e. The Morgan fingerprint density at radius 2 is 1.37 bits per heavy atom. The lowest BCUT2D eigenvalue weighted by Crippen LogP contribution is -2.30. The van der Waals surface area contributed by atoms with E-state index in [0.29, 0.717) is 12.8 Å². The molecule has 0 aliphatic heterocycles. The summed E-state index contributed by atoms with van der Waals surface area (Å²) in [6.45, 7) is 1.86. The van der Waals surface area contributed by atoms with Crippen molar-refractivity contribution in [2.75, 3.05) is 0 Å². The standard InChI is InChI=1S/C16H16BrClO/c1-16(19,10-12-2-6-14(17)7-3-12)11-13-4-8-15(18)9-5-13/h2-9,19H,10-11H2,1H3. The van der Waals surface area contributed by atoms with Crippen LogP contribution in [0.1, 0.15) is 18.1 Å². The highest BCUT2D eigenvalue weighted by Crippen LogP contribution is 2.21. The van der Waals surface area contributed by atoms with Crippen LogP contribution in [0.3, 0.4) is 0 Å². The third-order valence-corrected chi connectivity index (χ3v) is 3.78. The average Bonchev–Trinajstić information content (AvgIpc) is 2.34. The van der Waals surface area contributed by atoms with E-state index in [4.69, 9.17) is 11.6 Å². The van der Waals surface area contributed by atoms with Gasteiger partial charge in [-0.25, -0.2) is 0 Å². The van der Waals surface area contributed by atoms with Crippen LogP contribution in [0.5, 0.6) is 0 Å². The fourth-order valence-electron chi connectivity index (χ4n) is 2.15. The van der Waals surface area contributed by atoms with E-state index in [-0.39, 0.29) is 0 Å². The van der Waals surface area contributed by atoms with Crippen LogP contribution in [-0.4, -0.2) is 10.7 Å². The minimum atomic E-state index is -0.762. The van der Waals surface area contributed by atoms with Crippen molar-refractivity contribution in [1.29, 1.82) is 0 Å². The van der Waals surface area contributed by atoms with Crippen molar-refractivity contribution in [2.24, 2.45) is 0 Å². The van der Waals surface area contributed by atoms with Crippen LogP contribution in [0.2, 0.25) is 5.02 Å². The van der Waals surface area contributed by atoms with Gasteiger partial charge >= 0.3 is 0 Å². The first-order chi connectivity index (χ1) is 8.94. The van der Waals surface area contributed by atoms with E-state index in [1.807, 2.05) is 55.5 Å². The Kier molecular flexibility index (Phi) is 4.67. The van der Waals surface area contributed by atoms with Gasteiger partial charge in [0.05, 0.1) is 5.60 Å². The van der Waals surface area contributed by atoms with E-state index in [1.165, 1.54) is 0 Å². The van der Waals surface area contributed by atoms with E-state index >= 15 is 0 Å². The molecule has 0 heterocycles.